The SMILES string of the molecule is CNc1cc(N2CCC(C(=O)OC)C2)ncn1. The molecule has 92 valence electrons. The van der Waals surface area contributed by atoms with Gasteiger partial charge in [0.05, 0.1) is 13.0 Å². The van der Waals surface area contributed by atoms with Crippen molar-refractivity contribution < 1.29 is 9.53 Å². The van der Waals surface area contributed by atoms with Gasteiger partial charge in [0.15, 0.2) is 0 Å². The quantitative estimate of drug-likeness (QED) is 0.772. The summed E-state index contributed by atoms with van der Waals surface area (Å²) < 4.78 is 4.75. The van der Waals surface area contributed by atoms with E-state index in [-0.39, 0.29) is 11.9 Å². The summed E-state index contributed by atoms with van der Waals surface area (Å²) >= 11 is 0. The predicted octanol–water partition coefficient (Wildman–Crippen LogP) is 0.518. The van der Waals surface area contributed by atoms with Crippen LogP contribution in [0.3, 0.4) is 0 Å². The Hall–Kier alpha value is -1.85. The molecular weight excluding hydrogens is 220 g/mol. The van der Waals surface area contributed by atoms with Crippen LogP contribution in [0.25, 0.3) is 0 Å². The Kier molecular flexibility index (Phi) is 3.41. The van der Waals surface area contributed by atoms with Crippen LogP contribution in [-0.2, 0) is 9.53 Å². The van der Waals surface area contributed by atoms with Gasteiger partial charge in [0.25, 0.3) is 0 Å². The maximum absolute atomic E-state index is 11.4. The summed E-state index contributed by atoms with van der Waals surface area (Å²) in [6.45, 7) is 1.48. The molecule has 0 spiro atoms. The van der Waals surface area contributed by atoms with Gasteiger partial charge in [0.2, 0.25) is 0 Å². The van der Waals surface area contributed by atoms with Crippen LogP contribution in [0, 0.1) is 5.92 Å². The van der Waals surface area contributed by atoms with Crippen LogP contribution in [0.15, 0.2) is 12.4 Å². The molecule has 0 saturated carbocycles. The van der Waals surface area contributed by atoms with Crippen LogP contribution in [0.2, 0.25) is 0 Å². The van der Waals surface area contributed by atoms with E-state index in [4.69, 9.17) is 4.74 Å². The monoisotopic (exact) mass is 236 g/mol. The summed E-state index contributed by atoms with van der Waals surface area (Å²) in [5.74, 6) is 1.43. The molecule has 0 amide bonds. The fraction of sp³-hybridized carbons (Fsp3) is 0.545. The zero-order valence-electron chi connectivity index (χ0n) is 10.0. The first-order valence-corrected chi connectivity index (χ1v) is 5.57. The Balaban J connectivity index is 2.07. The number of esters is 1. The van der Waals surface area contributed by atoms with E-state index in [9.17, 15) is 4.79 Å². The number of carbonyl (C=O) groups excluding carboxylic acids is 1. The maximum Gasteiger partial charge on any atom is 0.310 e. The average Bonchev–Trinajstić information content (AvgIpc) is 2.87. The largest absolute Gasteiger partial charge is 0.469 e. The third-order valence-corrected chi connectivity index (χ3v) is 2.96. The maximum atomic E-state index is 11.4. The molecule has 1 aromatic rings. The van der Waals surface area contributed by atoms with Gasteiger partial charge in [-0.05, 0) is 6.42 Å². The molecule has 2 rings (SSSR count). The first-order valence-electron chi connectivity index (χ1n) is 5.57. The number of carbonyl (C=O) groups is 1. The van der Waals surface area contributed by atoms with Crippen molar-refractivity contribution in [1.82, 2.24) is 9.97 Å². The van der Waals surface area contributed by atoms with Gasteiger partial charge in [-0.2, -0.15) is 0 Å². The van der Waals surface area contributed by atoms with Crippen molar-refractivity contribution in [2.45, 2.75) is 6.42 Å². The van der Waals surface area contributed by atoms with E-state index in [1.165, 1.54) is 13.4 Å². The third-order valence-electron chi connectivity index (χ3n) is 2.96. The predicted molar refractivity (Wildman–Crippen MR) is 63.9 cm³/mol. The molecule has 1 unspecified atom stereocenters. The van der Waals surface area contributed by atoms with E-state index in [1.54, 1.807) is 0 Å². The minimum absolute atomic E-state index is 0.0481. The van der Waals surface area contributed by atoms with Gasteiger partial charge in [0, 0.05) is 26.2 Å². The number of aromatic nitrogens is 2. The van der Waals surface area contributed by atoms with Gasteiger partial charge in [0.1, 0.15) is 18.0 Å². The molecule has 0 bridgehead atoms. The van der Waals surface area contributed by atoms with Crippen molar-refractivity contribution in [3.63, 3.8) is 0 Å². The summed E-state index contributed by atoms with van der Waals surface area (Å²) in [5.41, 5.74) is 0. The molecule has 1 saturated heterocycles. The van der Waals surface area contributed by atoms with E-state index in [1.807, 2.05) is 13.1 Å². The molecule has 0 aromatic carbocycles. The smallest absolute Gasteiger partial charge is 0.310 e. The van der Waals surface area contributed by atoms with Crippen LogP contribution in [0.5, 0.6) is 0 Å². The van der Waals surface area contributed by atoms with Crippen LogP contribution < -0.4 is 10.2 Å². The fourth-order valence-corrected chi connectivity index (χ4v) is 1.98. The molecular formula is C11H16N4O2. The molecule has 1 aromatic heterocycles. The Bertz CT molecular complexity index is 410. The lowest BCUT2D eigenvalue weighted by Gasteiger charge is -2.17. The molecule has 6 nitrogen and oxygen atoms in total. The number of nitrogens with zero attached hydrogens (tertiary/aromatic N) is 3. The summed E-state index contributed by atoms with van der Waals surface area (Å²) in [7, 11) is 3.24. The second-order valence-electron chi connectivity index (χ2n) is 3.97. The van der Waals surface area contributed by atoms with E-state index in [2.05, 4.69) is 20.2 Å². The minimum Gasteiger partial charge on any atom is -0.469 e. The number of hydrogen-bond donors (Lipinski definition) is 1. The van der Waals surface area contributed by atoms with Gasteiger partial charge >= 0.3 is 5.97 Å². The summed E-state index contributed by atoms with van der Waals surface area (Å²) in [4.78, 5) is 21.8. The van der Waals surface area contributed by atoms with E-state index < -0.39 is 0 Å². The van der Waals surface area contributed by atoms with Crippen molar-refractivity contribution in [3.05, 3.63) is 12.4 Å². The highest BCUT2D eigenvalue weighted by molar-refractivity contribution is 5.74. The van der Waals surface area contributed by atoms with Crippen LogP contribution in [0.4, 0.5) is 11.6 Å². The normalized spacial score (nSPS) is 19.2. The highest BCUT2D eigenvalue weighted by Crippen LogP contribution is 2.23. The van der Waals surface area contributed by atoms with Gasteiger partial charge in [-0.1, -0.05) is 0 Å². The van der Waals surface area contributed by atoms with Crippen molar-refractivity contribution in [1.29, 1.82) is 0 Å². The Morgan fingerprint density at radius 3 is 3.12 bits per heavy atom. The summed E-state index contributed by atoms with van der Waals surface area (Å²) in [6, 6.07) is 1.87. The van der Waals surface area contributed by atoms with Crippen molar-refractivity contribution >= 4 is 17.6 Å². The second kappa shape index (κ2) is 4.99. The lowest BCUT2D eigenvalue weighted by atomic mass is 10.1. The van der Waals surface area contributed by atoms with E-state index in [0.717, 1.165) is 24.6 Å². The molecule has 1 atom stereocenters. The summed E-state index contributed by atoms with van der Waals surface area (Å²) in [5, 5.41) is 2.97. The minimum atomic E-state index is -0.143. The molecule has 2 heterocycles. The van der Waals surface area contributed by atoms with E-state index >= 15 is 0 Å². The number of rotatable bonds is 3. The number of methoxy groups -OCH3 is 1. The topological polar surface area (TPSA) is 67.4 Å². The zero-order chi connectivity index (χ0) is 12.3. The number of anilines is 2. The Morgan fingerprint density at radius 2 is 2.41 bits per heavy atom. The first kappa shape index (κ1) is 11.6. The molecule has 17 heavy (non-hydrogen) atoms. The highest BCUT2D eigenvalue weighted by Gasteiger charge is 2.29. The summed E-state index contributed by atoms with van der Waals surface area (Å²) in [6.07, 6.45) is 2.33. The number of hydrogen-bond acceptors (Lipinski definition) is 6. The van der Waals surface area contributed by atoms with Crippen molar-refractivity contribution in [2.75, 3.05) is 37.5 Å². The molecule has 1 N–H and O–H groups in total. The van der Waals surface area contributed by atoms with Crippen molar-refractivity contribution in [2.24, 2.45) is 5.92 Å². The average molecular weight is 236 g/mol. The number of nitrogens with one attached hydrogen (secondary N) is 1. The standard InChI is InChI=1S/C11H16N4O2/c1-12-9-5-10(14-7-13-9)15-4-3-8(6-15)11(16)17-2/h5,7-8H,3-4,6H2,1-2H3,(H,12,13,14). The van der Waals surface area contributed by atoms with Gasteiger partial charge in [-0.15, -0.1) is 0 Å². The Labute approximate surface area is 100 Å². The Morgan fingerprint density at radius 1 is 1.59 bits per heavy atom. The van der Waals surface area contributed by atoms with Gasteiger partial charge in [-0.3, -0.25) is 4.79 Å². The van der Waals surface area contributed by atoms with Gasteiger partial charge < -0.3 is 15.0 Å². The molecule has 1 fully saturated rings. The van der Waals surface area contributed by atoms with Crippen molar-refractivity contribution in [3.8, 4) is 0 Å². The van der Waals surface area contributed by atoms with Crippen LogP contribution in [0.1, 0.15) is 6.42 Å². The van der Waals surface area contributed by atoms with E-state index in [0.29, 0.717) is 6.54 Å². The van der Waals surface area contributed by atoms with Crippen LogP contribution in [-0.4, -0.2) is 43.2 Å². The molecule has 0 aliphatic carbocycles. The third kappa shape index (κ3) is 2.46. The second-order valence-corrected chi connectivity index (χ2v) is 3.97. The molecule has 0 radical (unpaired) electrons. The molecule has 6 heteroatoms. The first-order chi connectivity index (χ1) is 8.24. The zero-order valence-corrected chi connectivity index (χ0v) is 10.0. The lowest BCUT2D eigenvalue weighted by molar-refractivity contribution is -0.144. The van der Waals surface area contributed by atoms with Gasteiger partial charge in [-0.25, -0.2) is 9.97 Å². The fourth-order valence-electron chi connectivity index (χ4n) is 1.98. The van der Waals surface area contributed by atoms with Crippen LogP contribution >= 0.6 is 0 Å². The molecule has 1 aliphatic rings. The number of ether oxygens (including phenoxy) is 1. The lowest BCUT2D eigenvalue weighted by Crippen LogP contribution is -2.24. The highest BCUT2D eigenvalue weighted by atomic mass is 16.5. The molecule has 1 aliphatic heterocycles.